The molecule has 1 N–H and O–H groups in total. The zero-order chi connectivity index (χ0) is 13.7. The Morgan fingerprint density at radius 3 is 3.00 bits per heavy atom. The summed E-state index contributed by atoms with van der Waals surface area (Å²) in [6.07, 6.45) is 2.39. The van der Waals surface area contributed by atoms with E-state index >= 15 is 0 Å². The van der Waals surface area contributed by atoms with Gasteiger partial charge in [-0.2, -0.15) is 0 Å². The Bertz CT molecular complexity index is 442. The van der Waals surface area contributed by atoms with Crippen molar-refractivity contribution in [2.75, 3.05) is 18.9 Å². The number of rotatable bonds is 5. The smallest absolute Gasteiger partial charge is 0.230 e. The van der Waals surface area contributed by atoms with Crippen molar-refractivity contribution in [3.05, 3.63) is 29.3 Å². The molecule has 1 aromatic carbocycles. The third kappa shape index (κ3) is 4.55. The van der Waals surface area contributed by atoms with Crippen LogP contribution in [0, 0.1) is 13.8 Å². The molecule has 1 aliphatic heterocycles. The molecule has 0 aromatic heterocycles. The lowest BCUT2D eigenvalue weighted by Gasteiger charge is -2.11. The zero-order valence-corrected chi connectivity index (χ0v) is 12.4. The third-order valence-electron chi connectivity index (χ3n) is 3.24. The SMILES string of the molecule is Cc1ccc(SCC(=O)NC[C@@H]2CCCO2)c(C)c1. The van der Waals surface area contributed by atoms with Gasteiger partial charge in [-0.1, -0.05) is 17.7 Å². The van der Waals surface area contributed by atoms with Gasteiger partial charge < -0.3 is 10.1 Å². The molecule has 2 rings (SSSR count). The first-order valence-corrected chi connectivity index (χ1v) is 7.72. The Labute approximate surface area is 119 Å². The number of ether oxygens (including phenoxy) is 1. The molecule has 0 spiro atoms. The van der Waals surface area contributed by atoms with E-state index in [0.29, 0.717) is 12.3 Å². The second kappa shape index (κ2) is 6.96. The second-order valence-corrected chi connectivity index (χ2v) is 6.01. The first-order chi connectivity index (χ1) is 9.15. The highest BCUT2D eigenvalue weighted by Crippen LogP contribution is 2.22. The minimum atomic E-state index is 0.0838. The van der Waals surface area contributed by atoms with Crippen molar-refractivity contribution in [2.45, 2.75) is 37.7 Å². The molecule has 0 unspecified atom stereocenters. The Balaban J connectivity index is 1.73. The van der Waals surface area contributed by atoms with Gasteiger partial charge in [0, 0.05) is 18.0 Å². The van der Waals surface area contributed by atoms with Gasteiger partial charge in [0.25, 0.3) is 0 Å². The van der Waals surface area contributed by atoms with Crippen molar-refractivity contribution in [3.8, 4) is 0 Å². The van der Waals surface area contributed by atoms with E-state index in [2.05, 4.69) is 37.4 Å². The first-order valence-electron chi connectivity index (χ1n) is 6.73. The maximum absolute atomic E-state index is 11.8. The lowest BCUT2D eigenvalue weighted by atomic mass is 10.2. The molecule has 3 nitrogen and oxygen atoms in total. The topological polar surface area (TPSA) is 38.3 Å². The van der Waals surface area contributed by atoms with E-state index < -0.39 is 0 Å². The molecule has 104 valence electrons. The van der Waals surface area contributed by atoms with Crippen LogP contribution in [-0.4, -0.2) is 30.9 Å². The van der Waals surface area contributed by atoms with Gasteiger partial charge >= 0.3 is 0 Å². The van der Waals surface area contributed by atoms with Gasteiger partial charge in [0.1, 0.15) is 0 Å². The van der Waals surface area contributed by atoms with Gasteiger partial charge in [0.2, 0.25) is 5.91 Å². The summed E-state index contributed by atoms with van der Waals surface area (Å²) in [7, 11) is 0. The van der Waals surface area contributed by atoms with E-state index in [-0.39, 0.29) is 12.0 Å². The number of nitrogens with one attached hydrogen (secondary N) is 1. The molecule has 0 saturated carbocycles. The van der Waals surface area contributed by atoms with Crippen molar-refractivity contribution < 1.29 is 9.53 Å². The quantitative estimate of drug-likeness (QED) is 0.842. The summed E-state index contributed by atoms with van der Waals surface area (Å²) in [5.41, 5.74) is 2.49. The van der Waals surface area contributed by atoms with Gasteiger partial charge in [-0.25, -0.2) is 0 Å². The van der Waals surface area contributed by atoms with E-state index in [9.17, 15) is 4.79 Å². The molecule has 1 heterocycles. The first kappa shape index (κ1) is 14.4. The largest absolute Gasteiger partial charge is 0.376 e. The van der Waals surface area contributed by atoms with Gasteiger partial charge in [0.15, 0.2) is 0 Å². The summed E-state index contributed by atoms with van der Waals surface area (Å²) >= 11 is 1.59. The molecule has 1 aromatic rings. The molecule has 0 radical (unpaired) electrons. The van der Waals surface area contributed by atoms with Crippen LogP contribution in [0.1, 0.15) is 24.0 Å². The summed E-state index contributed by atoms with van der Waals surface area (Å²) in [5.74, 6) is 0.553. The van der Waals surface area contributed by atoms with Gasteiger partial charge in [0.05, 0.1) is 11.9 Å². The number of amides is 1. The van der Waals surface area contributed by atoms with E-state index in [1.165, 1.54) is 16.0 Å². The van der Waals surface area contributed by atoms with Gasteiger partial charge in [-0.15, -0.1) is 11.8 Å². The van der Waals surface area contributed by atoms with E-state index in [0.717, 1.165) is 19.4 Å². The molecular formula is C15H21NO2S. The molecular weight excluding hydrogens is 258 g/mol. The van der Waals surface area contributed by atoms with E-state index in [4.69, 9.17) is 4.74 Å². The Kier molecular flexibility index (Phi) is 5.28. The predicted molar refractivity (Wildman–Crippen MR) is 78.6 cm³/mol. The van der Waals surface area contributed by atoms with Crippen LogP contribution in [0.25, 0.3) is 0 Å². The van der Waals surface area contributed by atoms with E-state index in [1.807, 2.05) is 0 Å². The summed E-state index contributed by atoms with van der Waals surface area (Å²) in [4.78, 5) is 12.9. The lowest BCUT2D eigenvalue weighted by molar-refractivity contribution is -0.119. The fourth-order valence-corrected chi connectivity index (χ4v) is 3.03. The minimum Gasteiger partial charge on any atom is -0.376 e. The maximum atomic E-state index is 11.8. The normalized spacial score (nSPS) is 18.5. The van der Waals surface area contributed by atoms with Crippen molar-refractivity contribution in [1.82, 2.24) is 5.32 Å². The average molecular weight is 279 g/mol. The standard InChI is InChI=1S/C15H21NO2S/c1-11-5-6-14(12(2)8-11)19-10-15(17)16-9-13-4-3-7-18-13/h5-6,8,13H,3-4,7,9-10H2,1-2H3,(H,16,17)/t13-/m0/s1. The summed E-state index contributed by atoms with van der Waals surface area (Å²) in [6.45, 7) is 5.64. The average Bonchev–Trinajstić information content (AvgIpc) is 2.88. The number of hydrogen-bond acceptors (Lipinski definition) is 3. The number of aryl methyl sites for hydroxylation is 2. The predicted octanol–water partition coefficient (Wildman–Crippen LogP) is 2.69. The molecule has 1 aliphatic rings. The lowest BCUT2D eigenvalue weighted by Crippen LogP contribution is -2.32. The van der Waals surface area contributed by atoms with Crippen LogP contribution in [0.15, 0.2) is 23.1 Å². The molecule has 1 atom stereocenters. The second-order valence-electron chi connectivity index (χ2n) is 5.00. The number of thioether (sulfide) groups is 1. The number of carbonyl (C=O) groups excluding carboxylic acids is 1. The zero-order valence-electron chi connectivity index (χ0n) is 11.6. The Morgan fingerprint density at radius 2 is 2.32 bits per heavy atom. The Morgan fingerprint density at radius 1 is 1.47 bits per heavy atom. The van der Waals surface area contributed by atoms with Crippen molar-refractivity contribution in [3.63, 3.8) is 0 Å². The number of hydrogen-bond donors (Lipinski definition) is 1. The molecule has 4 heteroatoms. The van der Waals surface area contributed by atoms with Crippen LogP contribution in [0.3, 0.4) is 0 Å². The number of benzene rings is 1. The highest BCUT2D eigenvalue weighted by Gasteiger charge is 2.16. The van der Waals surface area contributed by atoms with E-state index in [1.54, 1.807) is 11.8 Å². The minimum absolute atomic E-state index is 0.0838. The fraction of sp³-hybridized carbons (Fsp3) is 0.533. The van der Waals surface area contributed by atoms with Crippen LogP contribution >= 0.6 is 11.8 Å². The highest BCUT2D eigenvalue weighted by molar-refractivity contribution is 8.00. The molecule has 19 heavy (non-hydrogen) atoms. The van der Waals surface area contributed by atoms with Crippen molar-refractivity contribution in [1.29, 1.82) is 0 Å². The third-order valence-corrected chi connectivity index (χ3v) is 4.42. The summed E-state index contributed by atoms with van der Waals surface area (Å²) in [6, 6.07) is 6.31. The molecule has 0 aliphatic carbocycles. The van der Waals surface area contributed by atoms with Crippen LogP contribution < -0.4 is 5.32 Å². The van der Waals surface area contributed by atoms with Crippen LogP contribution in [0.5, 0.6) is 0 Å². The molecule has 1 amide bonds. The van der Waals surface area contributed by atoms with Crippen LogP contribution in [0.2, 0.25) is 0 Å². The molecule has 1 saturated heterocycles. The number of carbonyl (C=O) groups is 1. The molecule has 0 bridgehead atoms. The van der Waals surface area contributed by atoms with Gasteiger partial charge in [-0.05, 0) is 38.3 Å². The highest BCUT2D eigenvalue weighted by atomic mass is 32.2. The monoisotopic (exact) mass is 279 g/mol. The Hall–Kier alpha value is -1.00. The molecule has 1 fully saturated rings. The maximum Gasteiger partial charge on any atom is 0.230 e. The van der Waals surface area contributed by atoms with Crippen molar-refractivity contribution in [2.24, 2.45) is 0 Å². The summed E-state index contributed by atoms with van der Waals surface area (Å²) < 4.78 is 5.48. The van der Waals surface area contributed by atoms with Crippen LogP contribution in [-0.2, 0) is 9.53 Å². The van der Waals surface area contributed by atoms with Gasteiger partial charge in [-0.3, -0.25) is 4.79 Å². The summed E-state index contributed by atoms with van der Waals surface area (Å²) in [5, 5.41) is 2.94. The van der Waals surface area contributed by atoms with Crippen LogP contribution in [0.4, 0.5) is 0 Å². The fourth-order valence-electron chi connectivity index (χ4n) is 2.19. The van der Waals surface area contributed by atoms with Crippen molar-refractivity contribution >= 4 is 17.7 Å².